The summed E-state index contributed by atoms with van der Waals surface area (Å²) in [7, 11) is 8.06. The molecular formula is C11H22N4O. The van der Waals surface area contributed by atoms with Gasteiger partial charge in [-0.25, -0.2) is 0 Å². The molecule has 0 aliphatic heterocycles. The molecule has 0 amide bonds. The van der Waals surface area contributed by atoms with Gasteiger partial charge in [0.25, 0.3) is 6.01 Å². The lowest BCUT2D eigenvalue weighted by molar-refractivity contribution is 0.399. The molecule has 0 fully saturated rings. The minimum absolute atomic E-state index is 0.698. The molecule has 0 atom stereocenters. The second-order valence-electron chi connectivity index (χ2n) is 4.23. The predicted molar refractivity (Wildman–Crippen MR) is 65.7 cm³/mol. The van der Waals surface area contributed by atoms with Crippen LogP contribution in [0.25, 0.3) is 0 Å². The largest absolute Gasteiger partial charge is 0.432 e. The van der Waals surface area contributed by atoms with E-state index in [0.29, 0.717) is 6.01 Å². The van der Waals surface area contributed by atoms with Gasteiger partial charge in [-0.3, -0.25) is 0 Å². The van der Waals surface area contributed by atoms with Crippen LogP contribution >= 0.6 is 0 Å². The molecule has 16 heavy (non-hydrogen) atoms. The summed E-state index contributed by atoms with van der Waals surface area (Å²) in [4.78, 5) is 8.60. The fourth-order valence-electron chi connectivity index (χ4n) is 1.45. The van der Waals surface area contributed by atoms with E-state index in [0.717, 1.165) is 31.7 Å². The molecule has 0 spiro atoms. The number of anilines is 1. The van der Waals surface area contributed by atoms with Crippen LogP contribution in [0.1, 0.15) is 12.1 Å². The third-order valence-corrected chi connectivity index (χ3v) is 2.32. The topological polar surface area (TPSA) is 44.5 Å². The van der Waals surface area contributed by atoms with Crippen LogP contribution in [0.3, 0.4) is 0 Å². The van der Waals surface area contributed by atoms with Gasteiger partial charge in [0.15, 0.2) is 0 Å². The van der Waals surface area contributed by atoms with Gasteiger partial charge in [-0.15, -0.1) is 0 Å². The summed E-state index contributed by atoms with van der Waals surface area (Å²) < 4.78 is 5.40. The zero-order valence-electron chi connectivity index (χ0n) is 10.7. The Bertz CT molecular complexity index is 298. The SMILES string of the molecule is CNCc1coc(N(C)CCCN(C)C)n1. The first kappa shape index (κ1) is 13.0. The van der Waals surface area contributed by atoms with Crippen LogP contribution in [0, 0.1) is 0 Å². The van der Waals surface area contributed by atoms with Crippen LogP contribution < -0.4 is 10.2 Å². The van der Waals surface area contributed by atoms with E-state index in [1.54, 1.807) is 6.26 Å². The van der Waals surface area contributed by atoms with Gasteiger partial charge < -0.3 is 19.5 Å². The second kappa shape index (κ2) is 6.50. The fourth-order valence-corrected chi connectivity index (χ4v) is 1.45. The van der Waals surface area contributed by atoms with Crippen molar-refractivity contribution >= 4 is 6.01 Å². The highest BCUT2D eigenvalue weighted by molar-refractivity contribution is 5.24. The van der Waals surface area contributed by atoms with Crippen molar-refractivity contribution < 1.29 is 4.42 Å². The monoisotopic (exact) mass is 226 g/mol. The Morgan fingerprint density at radius 2 is 2.06 bits per heavy atom. The van der Waals surface area contributed by atoms with E-state index in [1.807, 2.05) is 19.0 Å². The summed E-state index contributed by atoms with van der Waals surface area (Å²) in [5, 5.41) is 3.05. The predicted octanol–water partition coefficient (Wildman–Crippen LogP) is 0.782. The highest BCUT2D eigenvalue weighted by Crippen LogP contribution is 2.11. The molecular weight excluding hydrogens is 204 g/mol. The molecule has 5 nitrogen and oxygen atoms in total. The Morgan fingerprint density at radius 3 is 2.69 bits per heavy atom. The Hall–Kier alpha value is -1.07. The molecule has 0 saturated carbocycles. The van der Waals surface area contributed by atoms with Crippen LogP contribution in [0.4, 0.5) is 6.01 Å². The first-order valence-electron chi connectivity index (χ1n) is 5.58. The van der Waals surface area contributed by atoms with Gasteiger partial charge in [0, 0.05) is 20.1 Å². The van der Waals surface area contributed by atoms with Gasteiger partial charge in [0.05, 0.1) is 5.69 Å². The van der Waals surface area contributed by atoms with E-state index in [9.17, 15) is 0 Å². The average Bonchev–Trinajstić information content (AvgIpc) is 2.66. The number of hydrogen-bond acceptors (Lipinski definition) is 5. The highest BCUT2D eigenvalue weighted by Gasteiger charge is 2.08. The van der Waals surface area contributed by atoms with E-state index < -0.39 is 0 Å². The first-order chi connectivity index (χ1) is 7.63. The van der Waals surface area contributed by atoms with Crippen LogP contribution in [0.15, 0.2) is 10.7 Å². The molecule has 0 saturated heterocycles. The molecule has 92 valence electrons. The van der Waals surface area contributed by atoms with Crippen molar-refractivity contribution in [2.24, 2.45) is 0 Å². The zero-order chi connectivity index (χ0) is 12.0. The lowest BCUT2D eigenvalue weighted by Gasteiger charge is -2.16. The Labute approximate surface area is 97.4 Å². The number of aromatic nitrogens is 1. The van der Waals surface area contributed by atoms with Crippen molar-refractivity contribution in [2.75, 3.05) is 46.2 Å². The van der Waals surface area contributed by atoms with Crippen LogP contribution in [-0.4, -0.2) is 51.2 Å². The average molecular weight is 226 g/mol. The van der Waals surface area contributed by atoms with Gasteiger partial charge in [0.1, 0.15) is 6.26 Å². The van der Waals surface area contributed by atoms with Crippen LogP contribution in [-0.2, 0) is 6.54 Å². The van der Waals surface area contributed by atoms with E-state index >= 15 is 0 Å². The summed E-state index contributed by atoms with van der Waals surface area (Å²) in [5.41, 5.74) is 0.942. The second-order valence-corrected chi connectivity index (χ2v) is 4.23. The lowest BCUT2D eigenvalue weighted by atomic mass is 10.4. The van der Waals surface area contributed by atoms with Crippen molar-refractivity contribution in [3.8, 4) is 0 Å². The lowest BCUT2D eigenvalue weighted by Crippen LogP contribution is -2.23. The first-order valence-corrected chi connectivity index (χ1v) is 5.58. The molecule has 1 aromatic rings. The Kier molecular flexibility index (Phi) is 5.28. The quantitative estimate of drug-likeness (QED) is 0.744. The zero-order valence-corrected chi connectivity index (χ0v) is 10.7. The van der Waals surface area contributed by atoms with Gasteiger partial charge in [-0.1, -0.05) is 0 Å². The summed E-state index contributed by atoms with van der Waals surface area (Å²) in [6, 6.07) is 0.698. The maximum Gasteiger partial charge on any atom is 0.297 e. The van der Waals surface area contributed by atoms with E-state index in [4.69, 9.17) is 4.42 Å². The number of oxazole rings is 1. The molecule has 1 N–H and O–H groups in total. The van der Waals surface area contributed by atoms with Crippen molar-refractivity contribution in [3.05, 3.63) is 12.0 Å². The fraction of sp³-hybridized carbons (Fsp3) is 0.727. The van der Waals surface area contributed by atoms with Crippen molar-refractivity contribution in [2.45, 2.75) is 13.0 Å². The standard InChI is InChI=1S/C11H22N4O/c1-12-8-10-9-16-11(13-10)15(4)7-5-6-14(2)3/h9,12H,5-8H2,1-4H3. The van der Waals surface area contributed by atoms with Gasteiger partial charge in [0.2, 0.25) is 0 Å². The summed E-state index contributed by atoms with van der Waals surface area (Å²) in [5.74, 6) is 0. The molecule has 0 bridgehead atoms. The minimum Gasteiger partial charge on any atom is -0.432 e. The van der Waals surface area contributed by atoms with Crippen LogP contribution in [0.2, 0.25) is 0 Å². The number of nitrogens with one attached hydrogen (secondary N) is 1. The smallest absolute Gasteiger partial charge is 0.297 e. The molecule has 0 radical (unpaired) electrons. The third kappa shape index (κ3) is 4.20. The molecule has 1 aromatic heterocycles. The summed E-state index contributed by atoms with van der Waals surface area (Å²) >= 11 is 0. The molecule has 1 heterocycles. The molecule has 0 unspecified atom stereocenters. The van der Waals surface area contributed by atoms with Gasteiger partial charge in [-0.2, -0.15) is 4.98 Å². The van der Waals surface area contributed by atoms with E-state index in [2.05, 4.69) is 29.3 Å². The molecule has 0 aliphatic rings. The van der Waals surface area contributed by atoms with Crippen molar-refractivity contribution in [1.29, 1.82) is 0 Å². The number of nitrogens with zero attached hydrogens (tertiary/aromatic N) is 3. The van der Waals surface area contributed by atoms with Gasteiger partial charge >= 0.3 is 0 Å². The number of rotatable bonds is 7. The Morgan fingerprint density at radius 1 is 1.31 bits per heavy atom. The van der Waals surface area contributed by atoms with Crippen LogP contribution in [0.5, 0.6) is 0 Å². The number of hydrogen-bond donors (Lipinski definition) is 1. The Balaban J connectivity index is 2.36. The van der Waals surface area contributed by atoms with Crippen molar-refractivity contribution in [3.63, 3.8) is 0 Å². The third-order valence-electron chi connectivity index (χ3n) is 2.32. The normalized spacial score (nSPS) is 11.1. The molecule has 0 aromatic carbocycles. The van der Waals surface area contributed by atoms with E-state index in [1.165, 1.54) is 0 Å². The summed E-state index contributed by atoms with van der Waals surface area (Å²) in [6.45, 7) is 2.78. The molecule has 0 aliphatic carbocycles. The molecule has 1 rings (SSSR count). The minimum atomic E-state index is 0.698. The van der Waals surface area contributed by atoms with Gasteiger partial charge in [-0.05, 0) is 34.1 Å². The highest BCUT2D eigenvalue weighted by atomic mass is 16.4. The summed E-state index contributed by atoms with van der Waals surface area (Å²) in [6.07, 6.45) is 2.81. The van der Waals surface area contributed by atoms with E-state index in [-0.39, 0.29) is 0 Å². The van der Waals surface area contributed by atoms with Crippen molar-refractivity contribution in [1.82, 2.24) is 15.2 Å². The molecule has 5 heteroatoms. The maximum atomic E-state index is 5.40. The maximum absolute atomic E-state index is 5.40.